The van der Waals surface area contributed by atoms with Crippen molar-refractivity contribution in [2.24, 2.45) is 0 Å². The van der Waals surface area contributed by atoms with E-state index in [1.54, 1.807) is 6.07 Å². The van der Waals surface area contributed by atoms with E-state index in [2.05, 4.69) is 15.4 Å². The van der Waals surface area contributed by atoms with Gasteiger partial charge in [0.25, 0.3) is 0 Å². The van der Waals surface area contributed by atoms with E-state index >= 15 is 0 Å². The standard InChI is InChI=1S/C16H22F2N2O3/c1-22-13-9-8-12(10-14(13)23-15(17)18)20-16(21)19-11-6-4-2-3-5-7-11/h8-11,15H,2-7H2,1H3,(H2,19,20,21). The van der Waals surface area contributed by atoms with Gasteiger partial charge in [-0.25, -0.2) is 4.79 Å². The van der Waals surface area contributed by atoms with E-state index < -0.39 is 6.61 Å². The summed E-state index contributed by atoms with van der Waals surface area (Å²) in [4.78, 5) is 12.0. The Bertz CT molecular complexity index is 518. The number of carbonyl (C=O) groups excluding carboxylic acids is 1. The maximum atomic E-state index is 12.4. The molecule has 0 spiro atoms. The first kappa shape index (κ1) is 17.3. The Morgan fingerprint density at radius 2 is 1.87 bits per heavy atom. The number of ether oxygens (including phenoxy) is 2. The summed E-state index contributed by atoms with van der Waals surface area (Å²) >= 11 is 0. The molecule has 0 radical (unpaired) electrons. The minimum Gasteiger partial charge on any atom is -0.493 e. The number of halogens is 2. The van der Waals surface area contributed by atoms with Gasteiger partial charge < -0.3 is 20.1 Å². The van der Waals surface area contributed by atoms with Gasteiger partial charge in [-0.1, -0.05) is 25.7 Å². The van der Waals surface area contributed by atoms with Crippen molar-refractivity contribution in [2.45, 2.75) is 51.2 Å². The van der Waals surface area contributed by atoms with E-state index in [0.717, 1.165) is 25.7 Å². The normalized spacial score (nSPS) is 15.8. The van der Waals surface area contributed by atoms with Gasteiger partial charge in [-0.3, -0.25) is 0 Å². The highest BCUT2D eigenvalue weighted by atomic mass is 19.3. The predicted molar refractivity (Wildman–Crippen MR) is 83.3 cm³/mol. The van der Waals surface area contributed by atoms with Crippen LogP contribution in [0, 0.1) is 0 Å². The molecule has 2 N–H and O–H groups in total. The van der Waals surface area contributed by atoms with Crippen LogP contribution < -0.4 is 20.1 Å². The lowest BCUT2D eigenvalue weighted by molar-refractivity contribution is -0.0511. The van der Waals surface area contributed by atoms with Gasteiger partial charge in [-0.05, 0) is 25.0 Å². The van der Waals surface area contributed by atoms with Crippen LogP contribution in [-0.2, 0) is 0 Å². The van der Waals surface area contributed by atoms with Gasteiger partial charge in [0, 0.05) is 17.8 Å². The molecule has 1 aromatic carbocycles. The van der Waals surface area contributed by atoms with Crippen molar-refractivity contribution in [1.82, 2.24) is 5.32 Å². The zero-order valence-corrected chi connectivity index (χ0v) is 13.1. The number of hydrogen-bond donors (Lipinski definition) is 2. The molecule has 0 atom stereocenters. The number of rotatable bonds is 5. The SMILES string of the molecule is COc1ccc(NC(=O)NC2CCCCCC2)cc1OC(F)F. The summed E-state index contributed by atoms with van der Waals surface area (Å²) in [5, 5.41) is 5.57. The van der Waals surface area contributed by atoms with Crippen molar-refractivity contribution in [2.75, 3.05) is 12.4 Å². The summed E-state index contributed by atoms with van der Waals surface area (Å²) in [5.74, 6) is 0.0646. The van der Waals surface area contributed by atoms with Crippen LogP contribution in [0.25, 0.3) is 0 Å². The first-order valence-corrected chi connectivity index (χ1v) is 7.79. The highest BCUT2D eigenvalue weighted by Gasteiger charge is 2.16. The van der Waals surface area contributed by atoms with Crippen molar-refractivity contribution >= 4 is 11.7 Å². The third kappa shape index (κ3) is 5.58. The van der Waals surface area contributed by atoms with Gasteiger partial charge in [0.05, 0.1) is 7.11 Å². The quantitative estimate of drug-likeness (QED) is 0.799. The fourth-order valence-electron chi connectivity index (χ4n) is 2.72. The Balaban J connectivity index is 1.96. The second-order valence-corrected chi connectivity index (χ2v) is 5.53. The van der Waals surface area contributed by atoms with Crippen molar-refractivity contribution in [3.63, 3.8) is 0 Å². The zero-order valence-electron chi connectivity index (χ0n) is 13.1. The number of nitrogens with one attached hydrogen (secondary N) is 2. The van der Waals surface area contributed by atoms with Crippen LogP contribution in [0.4, 0.5) is 19.3 Å². The van der Waals surface area contributed by atoms with Gasteiger partial charge in [0.15, 0.2) is 11.5 Å². The Morgan fingerprint density at radius 3 is 2.48 bits per heavy atom. The van der Waals surface area contributed by atoms with Crippen molar-refractivity contribution in [1.29, 1.82) is 0 Å². The number of methoxy groups -OCH3 is 1. The van der Waals surface area contributed by atoms with Gasteiger partial charge in [-0.15, -0.1) is 0 Å². The largest absolute Gasteiger partial charge is 0.493 e. The molecule has 1 aliphatic carbocycles. The van der Waals surface area contributed by atoms with Crippen molar-refractivity contribution in [3.05, 3.63) is 18.2 Å². The van der Waals surface area contributed by atoms with Gasteiger partial charge >= 0.3 is 12.6 Å². The Morgan fingerprint density at radius 1 is 1.17 bits per heavy atom. The maximum Gasteiger partial charge on any atom is 0.387 e. The monoisotopic (exact) mass is 328 g/mol. The van der Waals surface area contributed by atoms with E-state index in [-0.39, 0.29) is 23.6 Å². The van der Waals surface area contributed by atoms with Gasteiger partial charge in [0.1, 0.15) is 0 Å². The molecule has 1 aromatic rings. The van der Waals surface area contributed by atoms with Crippen molar-refractivity contribution < 1.29 is 23.0 Å². The number of alkyl halides is 2. The van der Waals surface area contributed by atoms with E-state index in [1.807, 2.05) is 0 Å². The van der Waals surface area contributed by atoms with Gasteiger partial charge in [-0.2, -0.15) is 8.78 Å². The molecule has 0 heterocycles. The molecule has 2 rings (SSSR count). The molecule has 128 valence electrons. The Kier molecular flexibility index (Phi) is 6.43. The second kappa shape index (κ2) is 8.55. The predicted octanol–water partition coefficient (Wildman–Crippen LogP) is 4.14. The first-order chi connectivity index (χ1) is 11.1. The third-order valence-electron chi connectivity index (χ3n) is 3.83. The van der Waals surface area contributed by atoms with E-state index in [9.17, 15) is 13.6 Å². The second-order valence-electron chi connectivity index (χ2n) is 5.53. The summed E-state index contributed by atoms with van der Waals surface area (Å²) < 4.78 is 34.2. The van der Waals surface area contributed by atoms with Crippen LogP contribution in [0.5, 0.6) is 11.5 Å². The highest BCUT2D eigenvalue weighted by molar-refractivity contribution is 5.89. The summed E-state index contributed by atoms with van der Waals surface area (Å²) in [5.41, 5.74) is 0.368. The number of urea groups is 1. The minimum absolute atomic E-state index is 0.116. The summed E-state index contributed by atoms with van der Waals surface area (Å²) in [6, 6.07) is 4.18. The zero-order chi connectivity index (χ0) is 16.7. The van der Waals surface area contributed by atoms with Gasteiger partial charge in [0.2, 0.25) is 0 Å². The van der Waals surface area contributed by atoms with Crippen molar-refractivity contribution in [3.8, 4) is 11.5 Å². The highest BCUT2D eigenvalue weighted by Crippen LogP contribution is 2.31. The number of amides is 2. The summed E-state index contributed by atoms with van der Waals surface area (Å²) in [6.07, 6.45) is 6.56. The average Bonchev–Trinajstić information content (AvgIpc) is 2.75. The van der Waals surface area contributed by atoms with Crippen LogP contribution in [0.1, 0.15) is 38.5 Å². The lowest BCUT2D eigenvalue weighted by Crippen LogP contribution is -2.37. The lowest BCUT2D eigenvalue weighted by Gasteiger charge is -2.17. The summed E-state index contributed by atoms with van der Waals surface area (Å²) in [7, 11) is 1.36. The lowest BCUT2D eigenvalue weighted by atomic mass is 10.1. The fourth-order valence-corrected chi connectivity index (χ4v) is 2.72. The maximum absolute atomic E-state index is 12.4. The van der Waals surface area contributed by atoms with Crippen LogP contribution >= 0.6 is 0 Å². The molecule has 0 aromatic heterocycles. The molecule has 0 bridgehead atoms. The average molecular weight is 328 g/mol. The molecular weight excluding hydrogens is 306 g/mol. The number of hydrogen-bond acceptors (Lipinski definition) is 3. The van der Waals surface area contributed by atoms with Crippen LogP contribution in [0.3, 0.4) is 0 Å². The molecule has 7 heteroatoms. The Labute approximate surface area is 134 Å². The molecule has 1 saturated carbocycles. The molecule has 2 amide bonds. The van der Waals surface area contributed by atoms with Crippen LogP contribution in [-0.4, -0.2) is 25.8 Å². The summed E-state index contributed by atoms with van der Waals surface area (Å²) in [6.45, 7) is -2.96. The molecular formula is C16H22F2N2O3. The molecule has 0 saturated heterocycles. The minimum atomic E-state index is -2.96. The van der Waals surface area contributed by atoms with Crippen LogP contribution in [0.15, 0.2) is 18.2 Å². The number of benzene rings is 1. The molecule has 0 unspecified atom stereocenters. The fraction of sp³-hybridized carbons (Fsp3) is 0.562. The topological polar surface area (TPSA) is 59.6 Å². The molecule has 1 fully saturated rings. The molecule has 1 aliphatic rings. The van der Waals surface area contributed by atoms with E-state index in [1.165, 1.54) is 32.1 Å². The Hall–Kier alpha value is -2.05. The van der Waals surface area contributed by atoms with E-state index in [4.69, 9.17) is 4.74 Å². The third-order valence-corrected chi connectivity index (χ3v) is 3.83. The van der Waals surface area contributed by atoms with Crippen LogP contribution in [0.2, 0.25) is 0 Å². The molecule has 5 nitrogen and oxygen atoms in total. The number of anilines is 1. The van der Waals surface area contributed by atoms with E-state index in [0.29, 0.717) is 5.69 Å². The molecule has 23 heavy (non-hydrogen) atoms. The smallest absolute Gasteiger partial charge is 0.387 e. The number of carbonyl (C=O) groups is 1. The first-order valence-electron chi connectivity index (χ1n) is 7.79. The molecule has 0 aliphatic heterocycles.